The molecular formula is C22H28N2O5S2. The molecule has 2 aliphatic carbocycles. The molecule has 9 heteroatoms. The molecule has 0 heterocycles. The second-order valence-corrected chi connectivity index (χ2v) is 11.9. The number of sulfonamides is 2. The Balaban J connectivity index is 1.60. The molecule has 4 rings (SSSR count). The lowest BCUT2D eigenvalue weighted by Crippen LogP contribution is -2.39. The largest absolute Gasteiger partial charge is 0.497 e. The normalized spacial score (nSPS) is 18.2. The Bertz CT molecular complexity index is 1120. The molecule has 31 heavy (non-hydrogen) atoms. The topological polar surface area (TPSA) is 92.8 Å². The van der Waals surface area contributed by atoms with Crippen molar-refractivity contribution in [3.63, 3.8) is 0 Å². The van der Waals surface area contributed by atoms with Crippen molar-refractivity contribution >= 4 is 20.0 Å². The minimum atomic E-state index is -3.81. The first-order valence-corrected chi connectivity index (χ1v) is 13.4. The van der Waals surface area contributed by atoms with Crippen LogP contribution < -0.4 is 9.46 Å². The third-order valence-corrected chi connectivity index (χ3v) is 9.38. The van der Waals surface area contributed by atoms with E-state index in [0.29, 0.717) is 11.7 Å². The van der Waals surface area contributed by atoms with Crippen LogP contribution in [-0.2, 0) is 26.6 Å². The van der Waals surface area contributed by atoms with Gasteiger partial charge in [0, 0.05) is 18.6 Å². The Hall–Kier alpha value is -1.94. The Kier molecular flexibility index (Phi) is 6.13. The van der Waals surface area contributed by atoms with E-state index in [0.717, 1.165) is 31.2 Å². The van der Waals surface area contributed by atoms with Gasteiger partial charge in [-0.3, -0.25) is 0 Å². The molecule has 1 atom stereocenters. The molecule has 2 aliphatic rings. The number of hydrogen-bond acceptors (Lipinski definition) is 5. The van der Waals surface area contributed by atoms with Gasteiger partial charge in [-0.15, -0.1) is 0 Å². The van der Waals surface area contributed by atoms with Gasteiger partial charge in [-0.25, -0.2) is 21.6 Å². The number of benzene rings is 2. The maximum atomic E-state index is 13.5. The fourth-order valence-electron chi connectivity index (χ4n) is 3.59. The predicted octanol–water partition coefficient (Wildman–Crippen LogP) is 3.13. The van der Waals surface area contributed by atoms with Crippen LogP contribution in [0.15, 0.2) is 58.3 Å². The van der Waals surface area contributed by atoms with Crippen LogP contribution in [0.25, 0.3) is 0 Å². The summed E-state index contributed by atoms with van der Waals surface area (Å²) in [5.74, 6) is 1.06. The van der Waals surface area contributed by atoms with E-state index in [9.17, 15) is 16.8 Å². The van der Waals surface area contributed by atoms with E-state index in [1.807, 2.05) is 31.2 Å². The van der Waals surface area contributed by atoms with Crippen molar-refractivity contribution in [3.05, 3.63) is 54.1 Å². The minimum absolute atomic E-state index is 0.00668. The van der Waals surface area contributed by atoms with Crippen molar-refractivity contribution in [1.82, 2.24) is 9.03 Å². The molecule has 0 aliphatic heterocycles. The third-order valence-electron chi connectivity index (χ3n) is 5.90. The van der Waals surface area contributed by atoms with Crippen molar-refractivity contribution in [2.24, 2.45) is 5.92 Å². The number of nitrogens with one attached hydrogen (secondary N) is 1. The summed E-state index contributed by atoms with van der Waals surface area (Å²) in [6.07, 6.45) is 3.70. The number of hydrogen-bond donors (Lipinski definition) is 1. The minimum Gasteiger partial charge on any atom is -0.497 e. The molecule has 1 unspecified atom stereocenters. The molecule has 0 amide bonds. The summed E-state index contributed by atoms with van der Waals surface area (Å²) in [7, 11) is -5.84. The zero-order chi connectivity index (χ0) is 22.2. The summed E-state index contributed by atoms with van der Waals surface area (Å²) in [6.45, 7) is 2.18. The van der Waals surface area contributed by atoms with Crippen molar-refractivity contribution in [3.8, 4) is 5.75 Å². The van der Waals surface area contributed by atoms with Gasteiger partial charge in [-0.05, 0) is 80.5 Å². The van der Waals surface area contributed by atoms with E-state index in [2.05, 4.69) is 4.72 Å². The number of rotatable bonds is 10. The maximum Gasteiger partial charge on any atom is 0.243 e. The van der Waals surface area contributed by atoms with Gasteiger partial charge in [0.1, 0.15) is 5.75 Å². The Morgan fingerprint density at radius 2 is 1.52 bits per heavy atom. The number of ether oxygens (including phenoxy) is 1. The van der Waals surface area contributed by atoms with Crippen LogP contribution in [0.1, 0.15) is 38.2 Å². The van der Waals surface area contributed by atoms with Crippen LogP contribution in [0.3, 0.4) is 0 Å². The van der Waals surface area contributed by atoms with E-state index in [-0.39, 0.29) is 28.4 Å². The monoisotopic (exact) mass is 464 g/mol. The Morgan fingerprint density at radius 1 is 0.935 bits per heavy atom. The summed E-state index contributed by atoms with van der Waals surface area (Å²) in [6, 6.07) is 12.7. The van der Waals surface area contributed by atoms with Gasteiger partial charge in [0.25, 0.3) is 0 Å². The van der Waals surface area contributed by atoms with Gasteiger partial charge in [0.15, 0.2) is 0 Å². The van der Waals surface area contributed by atoms with Crippen molar-refractivity contribution < 1.29 is 21.6 Å². The second-order valence-electron chi connectivity index (χ2n) is 8.34. The summed E-state index contributed by atoms with van der Waals surface area (Å²) >= 11 is 0. The molecule has 1 N–H and O–H groups in total. The smallest absolute Gasteiger partial charge is 0.243 e. The van der Waals surface area contributed by atoms with Crippen LogP contribution in [0.2, 0.25) is 0 Å². The first-order valence-electron chi connectivity index (χ1n) is 10.5. The van der Waals surface area contributed by atoms with E-state index < -0.39 is 20.0 Å². The Morgan fingerprint density at radius 3 is 2.03 bits per heavy atom. The zero-order valence-electron chi connectivity index (χ0n) is 17.7. The molecule has 2 saturated carbocycles. The highest BCUT2D eigenvalue weighted by molar-refractivity contribution is 7.89. The van der Waals surface area contributed by atoms with Crippen molar-refractivity contribution in [2.45, 2.75) is 61.0 Å². The second kappa shape index (κ2) is 8.54. The van der Waals surface area contributed by atoms with E-state index >= 15 is 0 Å². The zero-order valence-corrected chi connectivity index (χ0v) is 19.3. The van der Waals surface area contributed by atoms with Crippen LogP contribution >= 0.6 is 0 Å². The fourth-order valence-corrected chi connectivity index (χ4v) is 6.57. The van der Waals surface area contributed by atoms with Gasteiger partial charge >= 0.3 is 0 Å². The molecule has 7 nitrogen and oxygen atoms in total. The summed E-state index contributed by atoms with van der Waals surface area (Å²) in [5, 5.41) is 0. The van der Waals surface area contributed by atoms with E-state index in [4.69, 9.17) is 4.74 Å². The lowest BCUT2D eigenvalue weighted by atomic mass is 10.1. The average molecular weight is 465 g/mol. The highest BCUT2D eigenvalue weighted by Gasteiger charge is 2.38. The summed E-state index contributed by atoms with van der Waals surface area (Å²) in [4.78, 5) is 0.175. The molecule has 0 aromatic heterocycles. The standard InChI is InChI=1S/C22H28N2O5S2/c1-16(18-5-6-18)24(15-17-3-9-20(29-2)10-4-17)31(27,28)22-13-11-21(12-14-22)30(25,26)23-19-7-8-19/h3-4,9-14,16,18-19,23H,5-8,15H2,1-2H3. The Labute approximate surface area is 184 Å². The summed E-state index contributed by atoms with van der Waals surface area (Å²) < 4.78 is 61.2. The van der Waals surface area contributed by atoms with Crippen molar-refractivity contribution in [1.29, 1.82) is 0 Å². The van der Waals surface area contributed by atoms with Crippen LogP contribution in [0, 0.1) is 5.92 Å². The fraction of sp³-hybridized carbons (Fsp3) is 0.455. The molecule has 0 radical (unpaired) electrons. The lowest BCUT2D eigenvalue weighted by molar-refractivity contribution is 0.303. The van der Waals surface area contributed by atoms with Crippen LogP contribution in [0.5, 0.6) is 5.75 Å². The lowest BCUT2D eigenvalue weighted by Gasteiger charge is -2.29. The molecular weight excluding hydrogens is 436 g/mol. The molecule has 0 spiro atoms. The molecule has 2 aromatic carbocycles. The molecule has 2 fully saturated rings. The van der Waals surface area contributed by atoms with Gasteiger partial charge in [0.05, 0.1) is 16.9 Å². The number of nitrogens with zero attached hydrogens (tertiary/aromatic N) is 1. The predicted molar refractivity (Wildman–Crippen MR) is 118 cm³/mol. The molecule has 0 saturated heterocycles. The van der Waals surface area contributed by atoms with Crippen LogP contribution in [-0.4, -0.2) is 40.3 Å². The van der Waals surface area contributed by atoms with Gasteiger partial charge in [-0.1, -0.05) is 12.1 Å². The quantitative estimate of drug-likeness (QED) is 0.583. The molecule has 0 bridgehead atoms. The first-order chi connectivity index (χ1) is 14.7. The van der Waals surface area contributed by atoms with Gasteiger partial charge < -0.3 is 4.74 Å². The SMILES string of the molecule is COc1ccc(CN(C(C)C2CC2)S(=O)(=O)c2ccc(S(=O)(=O)NC3CC3)cc2)cc1. The van der Waals surface area contributed by atoms with E-state index in [1.54, 1.807) is 7.11 Å². The molecule has 2 aromatic rings. The number of methoxy groups -OCH3 is 1. The highest BCUT2D eigenvalue weighted by Crippen LogP contribution is 2.38. The van der Waals surface area contributed by atoms with Gasteiger partial charge in [0.2, 0.25) is 20.0 Å². The average Bonchev–Trinajstić information content (AvgIpc) is 3.66. The molecule has 168 valence electrons. The third kappa shape index (κ3) is 5.11. The first kappa shape index (κ1) is 22.3. The van der Waals surface area contributed by atoms with Crippen LogP contribution in [0.4, 0.5) is 0 Å². The van der Waals surface area contributed by atoms with E-state index in [1.165, 1.54) is 28.6 Å². The van der Waals surface area contributed by atoms with Crippen molar-refractivity contribution in [2.75, 3.05) is 7.11 Å². The maximum absolute atomic E-state index is 13.5. The summed E-state index contributed by atoms with van der Waals surface area (Å²) in [5.41, 5.74) is 0.865. The highest BCUT2D eigenvalue weighted by atomic mass is 32.2. The van der Waals surface area contributed by atoms with Gasteiger partial charge in [-0.2, -0.15) is 4.31 Å².